The van der Waals surface area contributed by atoms with Gasteiger partial charge >= 0.3 is 0 Å². The Hall–Kier alpha value is -0.610. The summed E-state index contributed by atoms with van der Waals surface area (Å²) in [4.78, 5) is 0. The van der Waals surface area contributed by atoms with E-state index >= 15 is 0 Å². The summed E-state index contributed by atoms with van der Waals surface area (Å²) in [5.74, 6) is -0.387. The van der Waals surface area contributed by atoms with E-state index in [2.05, 4.69) is 15.9 Å². The third kappa shape index (κ3) is 3.69. The molecule has 2 rings (SSSR count). The zero-order valence-electron chi connectivity index (χ0n) is 9.71. The Morgan fingerprint density at radius 1 is 1.11 bits per heavy atom. The van der Waals surface area contributed by atoms with Crippen LogP contribution in [0.3, 0.4) is 0 Å². The van der Waals surface area contributed by atoms with Crippen LogP contribution in [0.1, 0.15) is 17.2 Å². The van der Waals surface area contributed by atoms with Gasteiger partial charge in [-0.25, -0.2) is 4.39 Å². The first-order chi connectivity index (χ1) is 8.97. The lowest BCUT2D eigenvalue weighted by Gasteiger charge is -2.14. The maximum absolute atomic E-state index is 13.6. The SMILES string of the molecule is OC(Cc1cc(Cl)ccc1F)c1cc(Cl)ccc1Br. The monoisotopic (exact) mass is 362 g/mol. The number of aliphatic hydroxyl groups excluding tert-OH is 1. The molecule has 0 bridgehead atoms. The molecule has 1 atom stereocenters. The fourth-order valence-corrected chi connectivity index (χ4v) is 2.67. The molecule has 0 saturated heterocycles. The largest absolute Gasteiger partial charge is 0.388 e. The Morgan fingerprint density at radius 3 is 2.47 bits per heavy atom. The van der Waals surface area contributed by atoms with Gasteiger partial charge in [0.2, 0.25) is 0 Å². The van der Waals surface area contributed by atoms with Crippen molar-refractivity contribution in [3.63, 3.8) is 0 Å². The topological polar surface area (TPSA) is 20.2 Å². The molecule has 19 heavy (non-hydrogen) atoms. The van der Waals surface area contributed by atoms with Gasteiger partial charge in [-0.05, 0) is 47.5 Å². The highest BCUT2D eigenvalue weighted by Gasteiger charge is 2.15. The Bertz CT molecular complexity index is 604. The fraction of sp³-hybridized carbons (Fsp3) is 0.143. The van der Waals surface area contributed by atoms with E-state index < -0.39 is 6.10 Å². The lowest BCUT2D eigenvalue weighted by atomic mass is 10.0. The van der Waals surface area contributed by atoms with E-state index in [9.17, 15) is 9.50 Å². The van der Waals surface area contributed by atoms with Gasteiger partial charge in [0.25, 0.3) is 0 Å². The molecule has 0 amide bonds. The molecule has 0 fully saturated rings. The van der Waals surface area contributed by atoms with Crippen molar-refractivity contribution in [1.82, 2.24) is 0 Å². The van der Waals surface area contributed by atoms with E-state index in [-0.39, 0.29) is 12.2 Å². The van der Waals surface area contributed by atoms with Gasteiger partial charge < -0.3 is 5.11 Å². The highest BCUT2D eigenvalue weighted by Crippen LogP contribution is 2.29. The average Bonchev–Trinajstić information content (AvgIpc) is 2.36. The van der Waals surface area contributed by atoms with Crippen LogP contribution in [0, 0.1) is 5.82 Å². The molecule has 0 aliphatic rings. The third-order valence-electron chi connectivity index (χ3n) is 2.74. The molecule has 5 heteroatoms. The standard InChI is InChI=1S/C14H10BrCl2FO/c15-12-3-1-10(17)7-11(12)14(19)6-8-5-9(16)2-4-13(8)18/h1-5,7,14,19H,6H2. The zero-order chi connectivity index (χ0) is 14.0. The predicted octanol–water partition coefficient (Wildman–Crippen LogP) is 5.17. The van der Waals surface area contributed by atoms with Crippen molar-refractivity contribution < 1.29 is 9.50 Å². The van der Waals surface area contributed by atoms with Gasteiger partial charge in [-0.1, -0.05) is 39.1 Å². The van der Waals surface area contributed by atoms with Gasteiger partial charge in [0.15, 0.2) is 0 Å². The van der Waals surface area contributed by atoms with Gasteiger partial charge in [-0.15, -0.1) is 0 Å². The smallest absolute Gasteiger partial charge is 0.126 e. The summed E-state index contributed by atoms with van der Waals surface area (Å²) < 4.78 is 14.3. The molecule has 0 heterocycles. The van der Waals surface area contributed by atoms with E-state index in [1.807, 2.05) is 0 Å². The molecular weight excluding hydrogens is 354 g/mol. The molecule has 2 aromatic carbocycles. The summed E-state index contributed by atoms with van der Waals surface area (Å²) >= 11 is 15.1. The third-order valence-corrected chi connectivity index (χ3v) is 3.93. The summed E-state index contributed by atoms with van der Waals surface area (Å²) in [5, 5.41) is 11.2. The van der Waals surface area contributed by atoms with Crippen LogP contribution in [0.4, 0.5) is 4.39 Å². The summed E-state index contributed by atoms with van der Waals surface area (Å²) in [5.41, 5.74) is 0.985. The van der Waals surface area contributed by atoms with Gasteiger partial charge in [-0.2, -0.15) is 0 Å². The lowest BCUT2D eigenvalue weighted by Crippen LogP contribution is -2.04. The molecule has 0 aliphatic heterocycles. The van der Waals surface area contributed by atoms with Crippen molar-refractivity contribution in [2.24, 2.45) is 0 Å². The van der Waals surface area contributed by atoms with E-state index in [1.54, 1.807) is 18.2 Å². The number of aliphatic hydroxyl groups is 1. The Kier molecular flexibility index (Phi) is 4.85. The van der Waals surface area contributed by atoms with Crippen LogP contribution >= 0.6 is 39.1 Å². The molecule has 2 aromatic rings. The van der Waals surface area contributed by atoms with E-state index in [0.29, 0.717) is 21.2 Å². The Balaban J connectivity index is 2.27. The Morgan fingerprint density at radius 2 is 1.74 bits per heavy atom. The predicted molar refractivity (Wildman–Crippen MR) is 79.2 cm³/mol. The van der Waals surface area contributed by atoms with Crippen molar-refractivity contribution in [3.05, 3.63) is 67.9 Å². The van der Waals surface area contributed by atoms with Crippen molar-refractivity contribution in [3.8, 4) is 0 Å². The first-order valence-corrected chi connectivity index (χ1v) is 7.09. The number of benzene rings is 2. The molecule has 0 saturated carbocycles. The minimum Gasteiger partial charge on any atom is -0.388 e. The summed E-state index contributed by atoms with van der Waals surface area (Å²) in [7, 11) is 0. The highest BCUT2D eigenvalue weighted by atomic mass is 79.9. The van der Waals surface area contributed by atoms with Crippen LogP contribution in [0.15, 0.2) is 40.9 Å². The molecule has 0 spiro atoms. The van der Waals surface area contributed by atoms with Crippen molar-refractivity contribution in [2.75, 3.05) is 0 Å². The molecule has 100 valence electrons. The minimum absolute atomic E-state index is 0.130. The Labute approximate surface area is 129 Å². The summed E-state index contributed by atoms with van der Waals surface area (Å²) in [6.07, 6.45) is -0.730. The lowest BCUT2D eigenvalue weighted by molar-refractivity contribution is 0.176. The van der Waals surface area contributed by atoms with Gasteiger partial charge in [-0.3, -0.25) is 0 Å². The van der Waals surface area contributed by atoms with Crippen LogP contribution in [0.5, 0.6) is 0 Å². The second-order valence-electron chi connectivity index (χ2n) is 4.12. The van der Waals surface area contributed by atoms with E-state index in [0.717, 1.165) is 4.47 Å². The molecule has 1 N–H and O–H groups in total. The molecular formula is C14H10BrCl2FO. The average molecular weight is 364 g/mol. The summed E-state index contributed by atoms with van der Waals surface area (Å²) in [6, 6.07) is 9.38. The van der Waals surface area contributed by atoms with Gasteiger partial charge in [0.05, 0.1) is 6.10 Å². The van der Waals surface area contributed by atoms with Crippen molar-refractivity contribution in [2.45, 2.75) is 12.5 Å². The molecule has 0 aliphatic carbocycles. The molecule has 1 nitrogen and oxygen atoms in total. The first kappa shape index (κ1) is 14.8. The number of halogens is 4. The molecule has 1 unspecified atom stereocenters. The second-order valence-corrected chi connectivity index (χ2v) is 5.85. The minimum atomic E-state index is -0.860. The number of hydrogen-bond acceptors (Lipinski definition) is 1. The van der Waals surface area contributed by atoms with Crippen molar-refractivity contribution in [1.29, 1.82) is 0 Å². The van der Waals surface area contributed by atoms with Crippen LogP contribution in [0.25, 0.3) is 0 Å². The molecule has 0 radical (unpaired) electrons. The number of hydrogen-bond donors (Lipinski definition) is 1. The van der Waals surface area contributed by atoms with Crippen LogP contribution in [-0.4, -0.2) is 5.11 Å². The zero-order valence-corrected chi connectivity index (χ0v) is 12.8. The maximum Gasteiger partial charge on any atom is 0.126 e. The van der Waals surface area contributed by atoms with Crippen LogP contribution in [0.2, 0.25) is 10.0 Å². The van der Waals surface area contributed by atoms with Gasteiger partial charge in [0.1, 0.15) is 5.82 Å². The highest BCUT2D eigenvalue weighted by molar-refractivity contribution is 9.10. The maximum atomic E-state index is 13.6. The van der Waals surface area contributed by atoms with Crippen LogP contribution in [-0.2, 0) is 6.42 Å². The summed E-state index contributed by atoms with van der Waals surface area (Å²) in [6.45, 7) is 0. The quantitative estimate of drug-likeness (QED) is 0.797. The molecule has 0 aromatic heterocycles. The van der Waals surface area contributed by atoms with Crippen LogP contribution < -0.4 is 0 Å². The first-order valence-electron chi connectivity index (χ1n) is 5.54. The van der Waals surface area contributed by atoms with Gasteiger partial charge in [0, 0.05) is 20.9 Å². The van der Waals surface area contributed by atoms with E-state index in [1.165, 1.54) is 18.2 Å². The van der Waals surface area contributed by atoms with Crippen molar-refractivity contribution >= 4 is 39.1 Å². The second kappa shape index (κ2) is 6.23. The number of rotatable bonds is 3. The fourth-order valence-electron chi connectivity index (χ4n) is 1.79. The normalized spacial score (nSPS) is 12.5. The van der Waals surface area contributed by atoms with E-state index in [4.69, 9.17) is 23.2 Å².